The molecule has 0 saturated carbocycles. The Morgan fingerprint density at radius 1 is 1.38 bits per heavy atom. The lowest BCUT2D eigenvalue weighted by molar-refractivity contribution is 0.805. The van der Waals surface area contributed by atoms with Gasteiger partial charge in [0.05, 0.1) is 17.7 Å². The second kappa shape index (κ2) is 3.49. The zero-order chi connectivity index (χ0) is 11.0. The zero-order valence-corrected chi connectivity index (χ0v) is 8.80. The van der Waals surface area contributed by atoms with Crippen LogP contribution < -0.4 is 0 Å². The molecule has 1 aromatic carbocycles. The van der Waals surface area contributed by atoms with Crippen LogP contribution in [0.5, 0.6) is 0 Å². The second-order valence-electron chi connectivity index (χ2n) is 4.02. The summed E-state index contributed by atoms with van der Waals surface area (Å²) in [6, 6.07) is 10.5. The van der Waals surface area contributed by atoms with Gasteiger partial charge in [0.2, 0.25) is 0 Å². The monoisotopic (exact) mass is 209 g/mol. The van der Waals surface area contributed by atoms with E-state index in [9.17, 15) is 0 Å². The molecule has 1 unspecified atom stereocenters. The summed E-state index contributed by atoms with van der Waals surface area (Å²) in [5, 5.41) is 13.4. The Morgan fingerprint density at radius 2 is 2.31 bits per heavy atom. The highest BCUT2D eigenvalue weighted by molar-refractivity contribution is 5.52. The molecule has 0 spiro atoms. The molecule has 1 heterocycles. The number of nitrogens with zero attached hydrogens (tertiary/aromatic N) is 3. The van der Waals surface area contributed by atoms with Gasteiger partial charge in [-0.1, -0.05) is 12.1 Å². The van der Waals surface area contributed by atoms with Crippen LogP contribution in [0.2, 0.25) is 0 Å². The number of aromatic nitrogens is 2. The fourth-order valence-corrected chi connectivity index (χ4v) is 2.40. The van der Waals surface area contributed by atoms with E-state index in [-0.39, 0.29) is 5.92 Å². The molecule has 3 heteroatoms. The predicted octanol–water partition coefficient (Wildman–Crippen LogP) is 2.43. The van der Waals surface area contributed by atoms with Crippen molar-refractivity contribution in [2.45, 2.75) is 18.8 Å². The molecule has 3 rings (SSSR count). The third kappa shape index (κ3) is 1.24. The fraction of sp³-hybridized carbons (Fsp3) is 0.231. The first-order valence-electron chi connectivity index (χ1n) is 5.41. The minimum absolute atomic E-state index is 0.0235. The van der Waals surface area contributed by atoms with Gasteiger partial charge in [-0.2, -0.15) is 10.4 Å². The van der Waals surface area contributed by atoms with Gasteiger partial charge < -0.3 is 0 Å². The maximum atomic E-state index is 9.16. The summed E-state index contributed by atoms with van der Waals surface area (Å²) in [6.07, 6.45) is 5.62. The highest BCUT2D eigenvalue weighted by Gasteiger charge is 2.25. The minimum Gasteiger partial charge on any atom is -0.241 e. The van der Waals surface area contributed by atoms with Crippen molar-refractivity contribution in [2.75, 3.05) is 0 Å². The zero-order valence-electron chi connectivity index (χ0n) is 8.80. The lowest BCUT2D eigenvalue weighted by Crippen LogP contribution is -2.02. The SMILES string of the molecule is N#CC1CCc2cccc(-n3cccn3)c21. The number of aryl methyl sites for hydroxylation is 1. The van der Waals surface area contributed by atoms with Gasteiger partial charge in [0.1, 0.15) is 0 Å². The summed E-state index contributed by atoms with van der Waals surface area (Å²) in [6.45, 7) is 0. The number of hydrogen-bond acceptors (Lipinski definition) is 2. The van der Waals surface area contributed by atoms with Crippen LogP contribution in [0.15, 0.2) is 36.7 Å². The smallest absolute Gasteiger partial charge is 0.0739 e. The van der Waals surface area contributed by atoms with E-state index < -0.39 is 0 Å². The predicted molar refractivity (Wildman–Crippen MR) is 60.2 cm³/mol. The summed E-state index contributed by atoms with van der Waals surface area (Å²) in [4.78, 5) is 0. The standard InChI is InChI=1S/C13H11N3/c14-9-11-6-5-10-3-1-4-12(13(10)11)16-8-2-7-15-16/h1-4,7-8,11H,5-6H2. The van der Waals surface area contributed by atoms with Crippen LogP contribution in [-0.4, -0.2) is 9.78 Å². The lowest BCUT2D eigenvalue weighted by atomic mass is 10.0. The Hall–Kier alpha value is -2.08. The molecular weight excluding hydrogens is 198 g/mol. The maximum Gasteiger partial charge on any atom is 0.0739 e. The number of hydrogen-bond donors (Lipinski definition) is 0. The molecule has 0 bridgehead atoms. The summed E-state index contributed by atoms with van der Waals surface area (Å²) < 4.78 is 1.84. The van der Waals surface area contributed by atoms with Crippen molar-refractivity contribution in [1.82, 2.24) is 9.78 Å². The molecule has 0 amide bonds. The highest BCUT2D eigenvalue weighted by Crippen LogP contribution is 2.36. The van der Waals surface area contributed by atoms with Crippen LogP contribution in [0.4, 0.5) is 0 Å². The first-order chi connectivity index (χ1) is 7.90. The summed E-state index contributed by atoms with van der Waals surface area (Å²) >= 11 is 0. The van der Waals surface area contributed by atoms with Gasteiger partial charge in [0, 0.05) is 12.4 Å². The molecule has 0 fully saturated rings. The molecule has 78 valence electrons. The largest absolute Gasteiger partial charge is 0.241 e. The fourth-order valence-electron chi connectivity index (χ4n) is 2.40. The second-order valence-corrected chi connectivity index (χ2v) is 4.02. The van der Waals surface area contributed by atoms with Gasteiger partial charge in [-0.15, -0.1) is 0 Å². The average Bonchev–Trinajstić information content (AvgIpc) is 2.97. The Balaban J connectivity index is 2.21. The van der Waals surface area contributed by atoms with Gasteiger partial charge in [-0.05, 0) is 36.1 Å². The van der Waals surface area contributed by atoms with E-state index >= 15 is 0 Å². The molecule has 0 saturated heterocycles. The Bertz CT molecular complexity index is 549. The van der Waals surface area contributed by atoms with Gasteiger partial charge in [0.25, 0.3) is 0 Å². The van der Waals surface area contributed by atoms with Gasteiger partial charge in [-0.3, -0.25) is 0 Å². The molecule has 1 aliphatic carbocycles. The van der Waals surface area contributed by atoms with E-state index in [1.54, 1.807) is 6.20 Å². The van der Waals surface area contributed by atoms with Crippen molar-refractivity contribution in [2.24, 2.45) is 0 Å². The van der Waals surface area contributed by atoms with E-state index in [0.717, 1.165) is 24.1 Å². The molecule has 1 aromatic heterocycles. The summed E-state index contributed by atoms with van der Waals surface area (Å²) in [5.41, 5.74) is 3.50. The molecule has 0 radical (unpaired) electrons. The van der Waals surface area contributed by atoms with Crippen LogP contribution in [0, 0.1) is 11.3 Å². The molecule has 0 N–H and O–H groups in total. The van der Waals surface area contributed by atoms with E-state index in [4.69, 9.17) is 5.26 Å². The van der Waals surface area contributed by atoms with Crippen molar-refractivity contribution >= 4 is 0 Å². The number of rotatable bonds is 1. The lowest BCUT2D eigenvalue weighted by Gasteiger charge is -2.10. The normalized spacial score (nSPS) is 18.1. The molecule has 1 atom stereocenters. The topological polar surface area (TPSA) is 41.6 Å². The number of fused-ring (bicyclic) bond motifs is 1. The third-order valence-electron chi connectivity index (χ3n) is 3.13. The Labute approximate surface area is 93.9 Å². The number of benzene rings is 1. The number of nitriles is 1. The molecule has 2 aromatic rings. The van der Waals surface area contributed by atoms with Crippen LogP contribution in [-0.2, 0) is 6.42 Å². The molecule has 16 heavy (non-hydrogen) atoms. The third-order valence-corrected chi connectivity index (χ3v) is 3.13. The molecule has 3 nitrogen and oxygen atoms in total. The maximum absolute atomic E-state index is 9.16. The van der Waals surface area contributed by atoms with Gasteiger partial charge >= 0.3 is 0 Å². The average molecular weight is 209 g/mol. The van der Waals surface area contributed by atoms with Crippen molar-refractivity contribution in [3.8, 4) is 11.8 Å². The van der Waals surface area contributed by atoms with E-state index in [0.29, 0.717) is 0 Å². The van der Waals surface area contributed by atoms with Crippen molar-refractivity contribution in [3.05, 3.63) is 47.8 Å². The van der Waals surface area contributed by atoms with Crippen LogP contribution >= 0.6 is 0 Å². The van der Waals surface area contributed by atoms with Crippen molar-refractivity contribution in [1.29, 1.82) is 5.26 Å². The van der Waals surface area contributed by atoms with Gasteiger partial charge in [0.15, 0.2) is 0 Å². The first-order valence-corrected chi connectivity index (χ1v) is 5.41. The summed E-state index contributed by atoms with van der Waals surface area (Å²) in [5.74, 6) is 0.0235. The molecule has 1 aliphatic rings. The Morgan fingerprint density at radius 3 is 3.06 bits per heavy atom. The van der Waals surface area contributed by atoms with Crippen molar-refractivity contribution in [3.63, 3.8) is 0 Å². The van der Waals surface area contributed by atoms with E-state index in [1.165, 1.54) is 5.56 Å². The van der Waals surface area contributed by atoms with Crippen molar-refractivity contribution < 1.29 is 0 Å². The minimum atomic E-state index is 0.0235. The quantitative estimate of drug-likeness (QED) is 0.723. The van der Waals surface area contributed by atoms with E-state index in [1.807, 2.05) is 29.1 Å². The molecule has 0 aliphatic heterocycles. The summed E-state index contributed by atoms with van der Waals surface area (Å²) in [7, 11) is 0. The highest BCUT2D eigenvalue weighted by atomic mass is 15.3. The van der Waals surface area contributed by atoms with E-state index in [2.05, 4.69) is 17.2 Å². The molecular formula is C13H11N3. The van der Waals surface area contributed by atoms with Crippen LogP contribution in [0.25, 0.3) is 5.69 Å². The van der Waals surface area contributed by atoms with Gasteiger partial charge in [-0.25, -0.2) is 4.68 Å². The first kappa shape index (κ1) is 9.17. The van der Waals surface area contributed by atoms with Crippen LogP contribution in [0.1, 0.15) is 23.5 Å². The Kier molecular flexibility index (Phi) is 2.00. The van der Waals surface area contributed by atoms with Crippen LogP contribution in [0.3, 0.4) is 0 Å².